The molecule has 1 saturated heterocycles. The molecule has 0 aromatic heterocycles. The number of piperidine rings is 1. The molecule has 0 unspecified atom stereocenters. The number of likely N-dealkylation sites (tertiary alicyclic amines) is 1. The van der Waals surface area contributed by atoms with E-state index in [2.05, 4.69) is 80.7 Å². The van der Waals surface area contributed by atoms with Gasteiger partial charge in [0.15, 0.2) is 0 Å². The standard InChI is InChI=1S/C44H71NO3/c1-12-30-34(38(30,4)5)36(46)48-33-19-20-40(8)31(39(33,6)7)17-21-41(9)32(40)18-22-42(10)35-29(28(2)3)16-23-44(35,25-24-43(41,42)11)37(47)45-26-14-13-15-27-45/h29-35H,2,12-27H2,1,3-11H3/t29-,30+,31-,32+,33-,34+,35+,40-,41+,42+,43-,44-/m0/s1. The molecule has 4 heteroatoms. The molecule has 0 radical (unpaired) electrons. The molecule has 48 heavy (non-hydrogen) atoms. The fraction of sp³-hybridized carbons (Fsp3) is 0.909. The van der Waals surface area contributed by atoms with Crippen molar-refractivity contribution in [2.75, 3.05) is 13.1 Å². The first-order valence-corrected chi connectivity index (χ1v) is 20.5. The van der Waals surface area contributed by atoms with Crippen LogP contribution in [0.3, 0.4) is 0 Å². The third kappa shape index (κ3) is 4.37. The maximum absolute atomic E-state index is 14.8. The molecule has 6 saturated carbocycles. The van der Waals surface area contributed by atoms with E-state index in [1.54, 1.807) is 0 Å². The van der Waals surface area contributed by atoms with Crippen molar-refractivity contribution in [1.29, 1.82) is 0 Å². The summed E-state index contributed by atoms with van der Waals surface area (Å²) < 4.78 is 6.56. The predicted molar refractivity (Wildman–Crippen MR) is 195 cm³/mol. The largest absolute Gasteiger partial charge is 0.462 e. The normalized spacial score (nSPS) is 50.3. The van der Waals surface area contributed by atoms with Crippen LogP contribution in [-0.2, 0) is 14.3 Å². The molecule has 4 nitrogen and oxygen atoms in total. The molecule has 270 valence electrons. The molecule has 0 spiro atoms. The monoisotopic (exact) mass is 662 g/mol. The maximum Gasteiger partial charge on any atom is 0.310 e. The Hall–Kier alpha value is -1.32. The third-order valence-corrected chi connectivity index (χ3v) is 18.8. The number of hydrogen-bond acceptors (Lipinski definition) is 3. The molecule has 1 amide bonds. The second kappa shape index (κ2) is 11.1. The Balaban J connectivity index is 1.19. The molecule has 1 aliphatic heterocycles. The molecule has 1 heterocycles. The predicted octanol–water partition coefficient (Wildman–Crippen LogP) is 10.6. The Morgan fingerprint density at radius 2 is 1.40 bits per heavy atom. The summed E-state index contributed by atoms with van der Waals surface area (Å²) in [5, 5.41) is 0. The lowest BCUT2D eigenvalue weighted by molar-refractivity contribution is -0.277. The van der Waals surface area contributed by atoms with Gasteiger partial charge in [0.25, 0.3) is 0 Å². The van der Waals surface area contributed by atoms with Crippen molar-refractivity contribution in [2.24, 2.45) is 73.4 Å². The highest BCUT2D eigenvalue weighted by Crippen LogP contribution is 2.81. The molecule has 12 atom stereocenters. The Morgan fingerprint density at radius 3 is 2.02 bits per heavy atom. The number of hydrogen-bond donors (Lipinski definition) is 0. The summed E-state index contributed by atoms with van der Waals surface area (Å²) in [6.07, 6.45) is 16.2. The number of carbonyl (C=O) groups is 2. The van der Waals surface area contributed by atoms with Crippen LogP contribution in [-0.4, -0.2) is 36.0 Å². The van der Waals surface area contributed by atoms with Gasteiger partial charge in [-0.05, 0) is 147 Å². The van der Waals surface area contributed by atoms with Crippen LogP contribution in [0.5, 0.6) is 0 Å². The zero-order valence-electron chi connectivity index (χ0n) is 32.7. The number of ether oxygens (including phenoxy) is 1. The van der Waals surface area contributed by atoms with Gasteiger partial charge in [0.05, 0.1) is 11.3 Å². The first kappa shape index (κ1) is 35.1. The summed E-state index contributed by atoms with van der Waals surface area (Å²) in [5.41, 5.74) is 1.88. The number of amides is 1. The summed E-state index contributed by atoms with van der Waals surface area (Å²) in [6.45, 7) is 31.1. The molecule has 0 aromatic carbocycles. The van der Waals surface area contributed by atoms with Gasteiger partial charge in [-0.3, -0.25) is 9.59 Å². The first-order valence-electron chi connectivity index (χ1n) is 20.5. The van der Waals surface area contributed by atoms with Crippen LogP contribution >= 0.6 is 0 Å². The maximum atomic E-state index is 14.8. The van der Waals surface area contributed by atoms with Crippen LogP contribution < -0.4 is 0 Å². The number of fused-ring (bicyclic) bond motifs is 7. The van der Waals surface area contributed by atoms with Crippen LogP contribution in [0.4, 0.5) is 0 Å². The minimum absolute atomic E-state index is 0.0108. The average Bonchev–Trinajstić information content (AvgIpc) is 3.36. The van der Waals surface area contributed by atoms with Crippen molar-refractivity contribution >= 4 is 11.9 Å². The van der Waals surface area contributed by atoms with Gasteiger partial charge < -0.3 is 9.64 Å². The van der Waals surface area contributed by atoms with Gasteiger partial charge in [-0.15, -0.1) is 0 Å². The quantitative estimate of drug-likeness (QED) is 0.218. The Labute approximate surface area is 294 Å². The van der Waals surface area contributed by atoms with Crippen molar-refractivity contribution in [3.63, 3.8) is 0 Å². The smallest absolute Gasteiger partial charge is 0.310 e. The number of carbonyl (C=O) groups excluding carboxylic acids is 2. The van der Waals surface area contributed by atoms with Crippen molar-refractivity contribution in [2.45, 2.75) is 165 Å². The summed E-state index contributed by atoms with van der Waals surface area (Å²) in [6, 6.07) is 0. The van der Waals surface area contributed by atoms with Crippen LogP contribution in [0.1, 0.15) is 159 Å². The molecule has 7 fully saturated rings. The van der Waals surface area contributed by atoms with E-state index in [1.807, 2.05) is 0 Å². The third-order valence-electron chi connectivity index (χ3n) is 18.8. The van der Waals surface area contributed by atoms with Crippen molar-refractivity contribution in [3.05, 3.63) is 12.2 Å². The lowest BCUT2D eigenvalue weighted by Crippen LogP contribution is -2.70. The van der Waals surface area contributed by atoms with E-state index in [1.165, 1.54) is 56.9 Å². The molecule has 6 aliphatic carbocycles. The highest BCUT2D eigenvalue weighted by molar-refractivity contribution is 5.84. The topological polar surface area (TPSA) is 46.6 Å². The van der Waals surface area contributed by atoms with Crippen LogP contribution in [0, 0.1) is 73.4 Å². The van der Waals surface area contributed by atoms with Gasteiger partial charge in [-0.1, -0.05) is 80.9 Å². The molecule has 0 aromatic rings. The Kier molecular flexibility index (Phi) is 8.11. The lowest BCUT2D eigenvalue weighted by Gasteiger charge is -2.76. The summed E-state index contributed by atoms with van der Waals surface area (Å²) >= 11 is 0. The highest BCUT2D eigenvalue weighted by atomic mass is 16.5. The Bertz CT molecular complexity index is 1340. The zero-order valence-corrected chi connectivity index (χ0v) is 32.7. The van der Waals surface area contributed by atoms with Gasteiger partial charge in [-0.2, -0.15) is 0 Å². The summed E-state index contributed by atoms with van der Waals surface area (Å²) in [4.78, 5) is 30.7. The van der Waals surface area contributed by atoms with Crippen LogP contribution in [0.2, 0.25) is 0 Å². The van der Waals surface area contributed by atoms with E-state index in [4.69, 9.17) is 4.74 Å². The summed E-state index contributed by atoms with van der Waals surface area (Å²) in [7, 11) is 0. The Morgan fingerprint density at radius 1 is 0.750 bits per heavy atom. The van der Waals surface area contributed by atoms with Gasteiger partial charge in [0.2, 0.25) is 5.91 Å². The molecule has 7 aliphatic rings. The highest BCUT2D eigenvalue weighted by Gasteiger charge is 2.76. The van der Waals surface area contributed by atoms with Gasteiger partial charge in [0, 0.05) is 18.5 Å². The van der Waals surface area contributed by atoms with E-state index in [-0.39, 0.29) is 55.9 Å². The molecule has 0 N–H and O–H groups in total. The van der Waals surface area contributed by atoms with Gasteiger partial charge in [0.1, 0.15) is 6.10 Å². The van der Waals surface area contributed by atoms with E-state index < -0.39 is 0 Å². The van der Waals surface area contributed by atoms with E-state index >= 15 is 0 Å². The minimum Gasteiger partial charge on any atom is -0.462 e. The van der Waals surface area contributed by atoms with Crippen molar-refractivity contribution in [3.8, 4) is 0 Å². The van der Waals surface area contributed by atoms with Crippen molar-refractivity contribution < 1.29 is 14.3 Å². The fourth-order valence-electron chi connectivity index (χ4n) is 15.9. The second-order valence-corrected chi connectivity index (χ2v) is 20.9. The summed E-state index contributed by atoms with van der Waals surface area (Å²) in [5.74, 6) is 3.15. The molecule has 7 rings (SSSR count). The number of esters is 1. The minimum atomic E-state index is -0.212. The van der Waals surface area contributed by atoms with Gasteiger partial charge in [-0.25, -0.2) is 0 Å². The zero-order chi connectivity index (χ0) is 34.9. The number of rotatable bonds is 5. The van der Waals surface area contributed by atoms with E-state index in [0.717, 1.165) is 51.6 Å². The van der Waals surface area contributed by atoms with E-state index in [0.29, 0.717) is 35.5 Å². The SMILES string of the molecule is C=C(C)[C@@H]1CC[C@]2(C(=O)N3CCCCC3)CC[C@@]3(C)[C@]4(C)CC[C@H]5C(C)(C)[C@@H](OC(=O)[C@H]6[C@@H](CC)C6(C)C)CC[C@]5(C)[C@H]4CC[C@]3(C)[C@@H]12. The fourth-order valence-corrected chi connectivity index (χ4v) is 15.9. The molecular formula is C44H71NO3. The first-order chi connectivity index (χ1) is 22.4. The average molecular weight is 662 g/mol. The van der Waals surface area contributed by atoms with Crippen LogP contribution in [0.15, 0.2) is 12.2 Å². The number of allylic oxidation sites excluding steroid dienone is 1. The molecular weight excluding hydrogens is 590 g/mol. The van der Waals surface area contributed by atoms with Crippen molar-refractivity contribution in [1.82, 2.24) is 4.90 Å². The number of nitrogens with zero attached hydrogens (tertiary/aromatic N) is 1. The lowest BCUT2D eigenvalue weighted by atomic mass is 9.29. The van der Waals surface area contributed by atoms with E-state index in [9.17, 15) is 9.59 Å². The van der Waals surface area contributed by atoms with Gasteiger partial charge >= 0.3 is 5.97 Å². The second-order valence-electron chi connectivity index (χ2n) is 20.9. The van der Waals surface area contributed by atoms with Crippen LogP contribution in [0.25, 0.3) is 0 Å². The molecule has 0 bridgehead atoms.